The van der Waals surface area contributed by atoms with Crippen LogP contribution < -0.4 is 4.90 Å². The summed E-state index contributed by atoms with van der Waals surface area (Å²) < 4.78 is 11.7. The first kappa shape index (κ1) is 18.9. The number of nitrogens with zero attached hydrogens (tertiary/aromatic N) is 4. The highest BCUT2D eigenvalue weighted by molar-refractivity contribution is 5.79. The summed E-state index contributed by atoms with van der Waals surface area (Å²) in [5, 5.41) is 0. The molecule has 0 aromatic carbocycles. The second-order valence-corrected chi connectivity index (χ2v) is 5.30. The summed E-state index contributed by atoms with van der Waals surface area (Å²) >= 11 is 0. The van der Waals surface area contributed by atoms with Gasteiger partial charge in [-0.2, -0.15) is 0 Å². The summed E-state index contributed by atoms with van der Waals surface area (Å²) in [5.41, 5.74) is 2.16. The Bertz CT molecular complexity index is 751. The van der Waals surface area contributed by atoms with E-state index in [0.29, 0.717) is 54.9 Å². The SMILES string of the molecule is CC.COC(=O)Cc1cn2c(C=O)c(C)nc(N3CCOCC3)c2n1. The molecule has 1 fully saturated rings. The number of hydrogen-bond donors (Lipinski definition) is 0. The van der Waals surface area contributed by atoms with Crippen LogP contribution in [-0.4, -0.2) is 60.0 Å². The molecule has 0 aliphatic carbocycles. The van der Waals surface area contributed by atoms with E-state index in [1.807, 2.05) is 13.8 Å². The van der Waals surface area contributed by atoms with E-state index in [-0.39, 0.29) is 12.4 Å². The Labute approximate surface area is 146 Å². The predicted octanol–water partition coefficient (Wildman–Crippen LogP) is 1.43. The molecule has 8 nitrogen and oxygen atoms in total. The first-order valence-electron chi connectivity index (χ1n) is 8.37. The minimum Gasteiger partial charge on any atom is -0.469 e. The summed E-state index contributed by atoms with van der Waals surface area (Å²) in [6.45, 7) is 8.45. The van der Waals surface area contributed by atoms with Crippen LogP contribution in [0.3, 0.4) is 0 Å². The first-order valence-corrected chi connectivity index (χ1v) is 8.37. The van der Waals surface area contributed by atoms with Crippen LogP contribution in [0.2, 0.25) is 0 Å². The van der Waals surface area contributed by atoms with E-state index >= 15 is 0 Å². The molecule has 2 aromatic rings. The van der Waals surface area contributed by atoms with Gasteiger partial charge in [0.2, 0.25) is 0 Å². The molecule has 0 unspecified atom stereocenters. The van der Waals surface area contributed by atoms with Crippen LogP contribution >= 0.6 is 0 Å². The van der Waals surface area contributed by atoms with E-state index in [4.69, 9.17) is 4.74 Å². The average Bonchev–Trinajstić information content (AvgIpc) is 3.06. The van der Waals surface area contributed by atoms with Crippen LogP contribution in [0.4, 0.5) is 5.82 Å². The normalized spacial score (nSPS) is 14.0. The van der Waals surface area contributed by atoms with Crippen molar-refractivity contribution in [2.45, 2.75) is 27.2 Å². The number of carbonyl (C=O) groups excluding carboxylic acids is 2. The van der Waals surface area contributed by atoms with Gasteiger partial charge < -0.3 is 14.4 Å². The molecule has 1 aliphatic rings. The maximum absolute atomic E-state index is 11.5. The summed E-state index contributed by atoms with van der Waals surface area (Å²) in [5.74, 6) is 0.325. The molecule has 136 valence electrons. The van der Waals surface area contributed by atoms with Gasteiger partial charge in [0.05, 0.1) is 38.1 Å². The molecule has 1 saturated heterocycles. The second-order valence-electron chi connectivity index (χ2n) is 5.30. The molecule has 0 radical (unpaired) electrons. The van der Waals surface area contributed by atoms with Crippen LogP contribution in [0.1, 0.15) is 35.7 Å². The molecule has 0 amide bonds. The van der Waals surface area contributed by atoms with Gasteiger partial charge in [-0.15, -0.1) is 0 Å². The standard InChI is InChI=1S/C15H18N4O4.C2H6/c1-10-12(9-20)19-8-11(7-13(21)22-2)17-15(19)14(16-10)18-3-5-23-6-4-18;1-2/h8-9H,3-7H2,1-2H3;1-2H3. The van der Waals surface area contributed by atoms with Gasteiger partial charge in [-0.25, -0.2) is 9.97 Å². The average molecular weight is 348 g/mol. The number of ether oxygens (including phenoxy) is 2. The smallest absolute Gasteiger partial charge is 0.311 e. The highest BCUT2D eigenvalue weighted by atomic mass is 16.5. The summed E-state index contributed by atoms with van der Waals surface area (Å²) in [6, 6.07) is 0. The number of carbonyl (C=O) groups is 2. The van der Waals surface area contributed by atoms with Crippen molar-refractivity contribution in [2.75, 3.05) is 38.3 Å². The molecule has 0 spiro atoms. The monoisotopic (exact) mass is 348 g/mol. The van der Waals surface area contributed by atoms with E-state index in [9.17, 15) is 9.59 Å². The third-order valence-corrected chi connectivity index (χ3v) is 3.84. The maximum Gasteiger partial charge on any atom is 0.311 e. The van der Waals surface area contributed by atoms with Gasteiger partial charge in [0.1, 0.15) is 5.69 Å². The summed E-state index contributed by atoms with van der Waals surface area (Å²) in [4.78, 5) is 34.0. The van der Waals surface area contributed by atoms with Crippen molar-refractivity contribution >= 4 is 23.7 Å². The molecule has 8 heteroatoms. The maximum atomic E-state index is 11.5. The number of morpholine rings is 1. The Morgan fingerprint density at radius 2 is 2.00 bits per heavy atom. The van der Waals surface area contributed by atoms with Gasteiger partial charge in [-0.1, -0.05) is 13.8 Å². The Kier molecular flexibility index (Phi) is 6.46. The molecule has 0 saturated carbocycles. The fraction of sp³-hybridized carbons (Fsp3) is 0.529. The molecule has 0 bridgehead atoms. The number of anilines is 1. The molecule has 1 aliphatic heterocycles. The van der Waals surface area contributed by atoms with Gasteiger partial charge in [-0.05, 0) is 6.92 Å². The molecular weight excluding hydrogens is 324 g/mol. The number of methoxy groups -OCH3 is 1. The Morgan fingerprint density at radius 3 is 2.60 bits per heavy atom. The second kappa shape index (κ2) is 8.57. The number of esters is 1. The molecule has 3 rings (SSSR count). The molecule has 0 atom stereocenters. The highest BCUT2D eigenvalue weighted by Gasteiger charge is 2.21. The molecular formula is C17H24N4O4. The van der Waals surface area contributed by atoms with E-state index in [0.717, 1.165) is 6.29 Å². The van der Waals surface area contributed by atoms with Crippen molar-refractivity contribution in [3.05, 3.63) is 23.3 Å². The van der Waals surface area contributed by atoms with Gasteiger partial charge in [0, 0.05) is 19.3 Å². The van der Waals surface area contributed by atoms with Crippen LogP contribution in [0.5, 0.6) is 0 Å². The number of fused-ring (bicyclic) bond motifs is 1. The fourth-order valence-electron chi connectivity index (χ4n) is 2.65. The van der Waals surface area contributed by atoms with Crippen LogP contribution in [0, 0.1) is 6.92 Å². The Balaban J connectivity index is 0.00000109. The zero-order valence-corrected chi connectivity index (χ0v) is 15.1. The number of aryl methyl sites for hydroxylation is 1. The fourth-order valence-corrected chi connectivity index (χ4v) is 2.65. The predicted molar refractivity (Wildman–Crippen MR) is 93.2 cm³/mol. The Hall–Kier alpha value is -2.48. The van der Waals surface area contributed by atoms with Crippen LogP contribution in [0.25, 0.3) is 5.65 Å². The summed E-state index contributed by atoms with van der Waals surface area (Å²) in [6.07, 6.45) is 2.49. The summed E-state index contributed by atoms with van der Waals surface area (Å²) in [7, 11) is 1.33. The van der Waals surface area contributed by atoms with Crippen molar-refractivity contribution in [2.24, 2.45) is 0 Å². The van der Waals surface area contributed by atoms with E-state index in [1.165, 1.54) is 7.11 Å². The van der Waals surface area contributed by atoms with Gasteiger partial charge in [0.15, 0.2) is 17.8 Å². The van der Waals surface area contributed by atoms with E-state index in [1.54, 1.807) is 17.5 Å². The van der Waals surface area contributed by atoms with Crippen molar-refractivity contribution in [1.82, 2.24) is 14.4 Å². The number of aldehydes is 1. The molecule has 3 heterocycles. The van der Waals surface area contributed by atoms with E-state index < -0.39 is 0 Å². The molecule has 0 N–H and O–H groups in total. The van der Waals surface area contributed by atoms with Crippen LogP contribution in [0.15, 0.2) is 6.20 Å². The third-order valence-electron chi connectivity index (χ3n) is 3.84. The number of aromatic nitrogens is 3. The number of imidazole rings is 1. The topological polar surface area (TPSA) is 86.0 Å². The van der Waals surface area contributed by atoms with Gasteiger partial charge in [0.25, 0.3) is 0 Å². The van der Waals surface area contributed by atoms with Crippen LogP contribution in [-0.2, 0) is 20.7 Å². The van der Waals surface area contributed by atoms with Crippen molar-refractivity contribution in [1.29, 1.82) is 0 Å². The minimum absolute atomic E-state index is 0.0536. The van der Waals surface area contributed by atoms with Gasteiger partial charge >= 0.3 is 5.97 Å². The lowest BCUT2D eigenvalue weighted by Gasteiger charge is -2.28. The largest absolute Gasteiger partial charge is 0.469 e. The quantitative estimate of drug-likeness (QED) is 0.610. The Morgan fingerprint density at radius 1 is 1.32 bits per heavy atom. The highest BCUT2D eigenvalue weighted by Crippen LogP contribution is 2.23. The number of rotatable bonds is 4. The van der Waals surface area contributed by atoms with Crippen molar-refractivity contribution < 1.29 is 19.1 Å². The lowest BCUT2D eigenvalue weighted by atomic mass is 10.3. The van der Waals surface area contributed by atoms with E-state index in [2.05, 4.69) is 19.6 Å². The lowest BCUT2D eigenvalue weighted by molar-refractivity contribution is -0.139. The zero-order valence-electron chi connectivity index (χ0n) is 15.1. The first-order chi connectivity index (χ1) is 12.1. The minimum atomic E-state index is -0.376. The zero-order chi connectivity index (χ0) is 18.4. The lowest BCUT2D eigenvalue weighted by Crippen LogP contribution is -2.37. The number of hydrogen-bond acceptors (Lipinski definition) is 7. The molecule has 2 aromatic heterocycles. The third kappa shape index (κ3) is 3.96. The van der Waals surface area contributed by atoms with Crippen molar-refractivity contribution in [3.8, 4) is 0 Å². The van der Waals surface area contributed by atoms with Gasteiger partial charge in [-0.3, -0.25) is 14.0 Å². The molecule has 25 heavy (non-hydrogen) atoms. The van der Waals surface area contributed by atoms with Crippen molar-refractivity contribution in [3.63, 3.8) is 0 Å².